The highest BCUT2D eigenvalue weighted by molar-refractivity contribution is 5.95. The molecule has 1 amide bonds. The third kappa shape index (κ3) is 3.49. The Hall–Kier alpha value is -3.07. The van der Waals surface area contributed by atoms with E-state index in [0.29, 0.717) is 31.9 Å². The van der Waals surface area contributed by atoms with Crippen molar-refractivity contribution in [1.82, 2.24) is 29.9 Å². The number of ether oxygens (including phenoxy) is 1. The molecule has 0 saturated carbocycles. The van der Waals surface area contributed by atoms with Crippen molar-refractivity contribution < 1.29 is 9.53 Å². The van der Waals surface area contributed by atoms with Crippen molar-refractivity contribution in [1.29, 1.82) is 0 Å². The zero-order valence-corrected chi connectivity index (χ0v) is 17.1. The third-order valence-corrected chi connectivity index (χ3v) is 5.86. The first kappa shape index (κ1) is 18.9. The van der Waals surface area contributed by atoms with Gasteiger partial charge in [-0.15, -0.1) is 5.10 Å². The molecule has 2 aliphatic rings. The second-order valence-corrected chi connectivity index (χ2v) is 7.89. The average molecular weight is 407 g/mol. The molecule has 3 aromatic rings. The summed E-state index contributed by atoms with van der Waals surface area (Å²) >= 11 is 0. The lowest BCUT2D eigenvalue weighted by atomic mass is 10.1. The van der Waals surface area contributed by atoms with Gasteiger partial charge < -0.3 is 14.5 Å². The summed E-state index contributed by atoms with van der Waals surface area (Å²) in [7, 11) is 0. The molecule has 5 rings (SSSR count). The number of hydrogen-bond donors (Lipinski definition) is 0. The number of nitrogens with zero attached hydrogens (tertiary/aromatic N) is 7. The minimum absolute atomic E-state index is 0.0449. The smallest absolute Gasteiger partial charge is 0.254 e. The van der Waals surface area contributed by atoms with Gasteiger partial charge in [-0.25, -0.2) is 14.6 Å². The predicted octanol–water partition coefficient (Wildman–Crippen LogP) is 1.67. The molecule has 1 atom stereocenters. The van der Waals surface area contributed by atoms with Gasteiger partial charge in [-0.1, -0.05) is 23.4 Å². The van der Waals surface area contributed by atoms with Crippen LogP contribution in [-0.2, 0) is 11.3 Å². The van der Waals surface area contributed by atoms with Gasteiger partial charge in [-0.3, -0.25) is 4.79 Å². The second-order valence-electron chi connectivity index (χ2n) is 7.89. The van der Waals surface area contributed by atoms with E-state index in [4.69, 9.17) is 4.74 Å². The quantitative estimate of drug-likeness (QED) is 0.650. The van der Waals surface area contributed by atoms with Crippen LogP contribution in [0.3, 0.4) is 0 Å². The molecule has 4 heterocycles. The van der Waals surface area contributed by atoms with Gasteiger partial charge >= 0.3 is 0 Å². The molecule has 2 fully saturated rings. The molecule has 156 valence electrons. The number of aromatic nitrogens is 5. The fraction of sp³-hybridized carbons (Fsp3) is 0.476. The molecule has 2 aliphatic heterocycles. The Morgan fingerprint density at radius 1 is 1.17 bits per heavy atom. The molecule has 0 radical (unpaired) electrons. The molecule has 0 aliphatic carbocycles. The first-order chi connectivity index (χ1) is 14.7. The van der Waals surface area contributed by atoms with E-state index < -0.39 is 0 Å². The highest BCUT2D eigenvalue weighted by Crippen LogP contribution is 2.24. The Kier molecular flexibility index (Phi) is 5.04. The number of fused-ring (bicyclic) bond motifs is 1. The minimum atomic E-state index is -0.165. The molecule has 30 heavy (non-hydrogen) atoms. The maximum Gasteiger partial charge on any atom is 0.254 e. The number of benzene rings is 1. The van der Waals surface area contributed by atoms with Crippen LogP contribution in [0.4, 0.5) is 5.82 Å². The Bertz CT molecular complexity index is 1060. The van der Waals surface area contributed by atoms with Gasteiger partial charge in [-0.05, 0) is 31.4 Å². The molecule has 0 N–H and O–H groups in total. The van der Waals surface area contributed by atoms with E-state index in [1.54, 1.807) is 11.0 Å². The Balaban J connectivity index is 1.33. The SMILES string of the molecule is Cc1ccccc1C(=O)N1CCO[C@H](Cn2nnc3c(N4CCCC4)ncnc32)C1. The maximum atomic E-state index is 13.0. The van der Waals surface area contributed by atoms with E-state index in [1.165, 1.54) is 12.8 Å². The zero-order chi connectivity index (χ0) is 20.5. The van der Waals surface area contributed by atoms with Crippen molar-refractivity contribution in [3.8, 4) is 0 Å². The van der Waals surface area contributed by atoms with Crippen LogP contribution >= 0.6 is 0 Å². The fourth-order valence-corrected chi connectivity index (χ4v) is 4.25. The fourth-order valence-electron chi connectivity index (χ4n) is 4.25. The van der Waals surface area contributed by atoms with Crippen molar-refractivity contribution in [3.05, 3.63) is 41.7 Å². The molecule has 1 aromatic carbocycles. The first-order valence-electron chi connectivity index (χ1n) is 10.5. The Labute approximate surface area is 174 Å². The lowest BCUT2D eigenvalue weighted by Gasteiger charge is -2.33. The summed E-state index contributed by atoms with van der Waals surface area (Å²) in [5.41, 5.74) is 3.16. The topological polar surface area (TPSA) is 89.3 Å². The molecule has 9 nitrogen and oxygen atoms in total. The third-order valence-electron chi connectivity index (χ3n) is 5.86. The van der Waals surface area contributed by atoms with E-state index in [1.807, 2.05) is 36.1 Å². The van der Waals surface area contributed by atoms with Crippen molar-refractivity contribution >= 4 is 22.9 Å². The summed E-state index contributed by atoms with van der Waals surface area (Å²) < 4.78 is 7.71. The zero-order valence-electron chi connectivity index (χ0n) is 17.1. The summed E-state index contributed by atoms with van der Waals surface area (Å²) in [5, 5.41) is 8.67. The molecule has 2 aromatic heterocycles. The molecule has 0 spiro atoms. The van der Waals surface area contributed by atoms with Crippen LogP contribution in [0.5, 0.6) is 0 Å². The maximum absolute atomic E-state index is 13.0. The minimum Gasteiger partial charge on any atom is -0.373 e. The first-order valence-corrected chi connectivity index (χ1v) is 10.5. The van der Waals surface area contributed by atoms with E-state index in [9.17, 15) is 4.79 Å². The second kappa shape index (κ2) is 7.98. The van der Waals surface area contributed by atoms with Crippen molar-refractivity contribution in [3.63, 3.8) is 0 Å². The van der Waals surface area contributed by atoms with E-state index in [2.05, 4.69) is 25.2 Å². The van der Waals surface area contributed by atoms with Crippen LogP contribution < -0.4 is 4.90 Å². The van der Waals surface area contributed by atoms with Crippen molar-refractivity contribution in [2.75, 3.05) is 37.7 Å². The molecule has 2 saturated heterocycles. The highest BCUT2D eigenvalue weighted by Gasteiger charge is 2.27. The number of amides is 1. The van der Waals surface area contributed by atoms with E-state index in [0.717, 1.165) is 35.6 Å². The van der Waals surface area contributed by atoms with Crippen LogP contribution in [0.2, 0.25) is 0 Å². The highest BCUT2D eigenvalue weighted by atomic mass is 16.5. The van der Waals surface area contributed by atoms with Crippen LogP contribution in [-0.4, -0.2) is 74.7 Å². The largest absolute Gasteiger partial charge is 0.373 e. The number of carbonyl (C=O) groups excluding carboxylic acids is 1. The number of hydrogen-bond acceptors (Lipinski definition) is 7. The van der Waals surface area contributed by atoms with Gasteiger partial charge in [-0.2, -0.15) is 0 Å². The van der Waals surface area contributed by atoms with Crippen LogP contribution in [0.25, 0.3) is 11.2 Å². The molecule has 0 bridgehead atoms. The van der Waals surface area contributed by atoms with Gasteiger partial charge in [0.05, 0.1) is 19.3 Å². The summed E-state index contributed by atoms with van der Waals surface area (Å²) in [4.78, 5) is 25.9. The molecular weight excluding hydrogens is 382 g/mol. The number of carbonyl (C=O) groups is 1. The summed E-state index contributed by atoms with van der Waals surface area (Å²) in [6.07, 6.45) is 3.74. The van der Waals surface area contributed by atoms with Gasteiger partial charge in [0, 0.05) is 31.7 Å². The molecular formula is C21H25N7O2. The number of aryl methyl sites for hydroxylation is 1. The van der Waals surface area contributed by atoms with Crippen molar-refractivity contribution in [2.24, 2.45) is 0 Å². The number of morpholine rings is 1. The van der Waals surface area contributed by atoms with E-state index >= 15 is 0 Å². The van der Waals surface area contributed by atoms with Crippen LogP contribution in [0.15, 0.2) is 30.6 Å². The summed E-state index contributed by atoms with van der Waals surface area (Å²) in [6.45, 7) is 6.03. The molecule has 0 unspecified atom stereocenters. The predicted molar refractivity (Wildman–Crippen MR) is 111 cm³/mol. The van der Waals surface area contributed by atoms with Gasteiger partial charge in [0.15, 0.2) is 17.0 Å². The molecule has 9 heteroatoms. The normalized spacial score (nSPS) is 19.6. The van der Waals surface area contributed by atoms with Crippen molar-refractivity contribution in [2.45, 2.75) is 32.4 Å². The van der Waals surface area contributed by atoms with Crippen LogP contribution in [0, 0.1) is 6.92 Å². The van der Waals surface area contributed by atoms with Gasteiger partial charge in [0.2, 0.25) is 0 Å². The van der Waals surface area contributed by atoms with Gasteiger partial charge in [0.25, 0.3) is 5.91 Å². The summed E-state index contributed by atoms with van der Waals surface area (Å²) in [6, 6.07) is 7.69. The Morgan fingerprint density at radius 3 is 2.83 bits per heavy atom. The lowest BCUT2D eigenvalue weighted by molar-refractivity contribution is -0.0297. The van der Waals surface area contributed by atoms with Gasteiger partial charge in [0.1, 0.15) is 6.33 Å². The monoisotopic (exact) mass is 407 g/mol. The average Bonchev–Trinajstić information content (AvgIpc) is 3.44. The number of rotatable bonds is 4. The number of anilines is 1. The lowest BCUT2D eigenvalue weighted by Crippen LogP contribution is -2.47. The van der Waals surface area contributed by atoms with Crippen LogP contribution in [0.1, 0.15) is 28.8 Å². The standard InChI is InChI=1S/C21H25N7O2/c1-15-6-2-3-7-17(15)21(29)27-10-11-30-16(12-27)13-28-20-18(24-25-28)19(22-14-23-20)26-8-4-5-9-26/h2-3,6-7,14,16H,4-5,8-13H2,1H3/t16-/m0/s1. The Morgan fingerprint density at radius 2 is 2.00 bits per heavy atom. The summed E-state index contributed by atoms with van der Waals surface area (Å²) in [5.74, 6) is 0.896. The van der Waals surface area contributed by atoms with E-state index in [-0.39, 0.29) is 12.0 Å².